The molecule has 3 nitrogen and oxygen atoms in total. The Balaban J connectivity index is 0.00000144. The lowest BCUT2D eigenvalue weighted by Crippen LogP contribution is -1.94. The summed E-state index contributed by atoms with van der Waals surface area (Å²) in [6.07, 6.45) is 0.910. The number of ether oxygens (including phenoxy) is 1. The van der Waals surface area contributed by atoms with Crippen molar-refractivity contribution in [1.29, 1.82) is 0 Å². The second-order valence-corrected chi connectivity index (χ2v) is 5.33. The van der Waals surface area contributed by atoms with E-state index in [0.717, 1.165) is 29.3 Å². The molecule has 0 N–H and O–H groups in total. The minimum atomic E-state index is 0. The molecular formula is C18H17BrN2O. The number of hydrogen-bond acceptors (Lipinski definition) is 2. The second kappa shape index (κ2) is 5.61. The van der Waals surface area contributed by atoms with E-state index in [9.17, 15) is 0 Å². The van der Waals surface area contributed by atoms with Gasteiger partial charge in [-0.2, -0.15) is 0 Å². The van der Waals surface area contributed by atoms with Crippen molar-refractivity contribution in [1.82, 2.24) is 9.55 Å². The number of rotatable bonds is 2. The molecule has 0 spiro atoms. The molecule has 1 aliphatic rings. The number of methoxy groups -OCH3 is 1. The molecule has 0 radical (unpaired) electrons. The standard InChI is InChI=1S/C18H16N2O.BrH/c1-12-18(13-7-9-15(21-2)10-8-13)19-17-11-14-5-3-4-6-16(14)20(12)17;/h3-10H,11H2,1-2H3;1H. The van der Waals surface area contributed by atoms with Crippen molar-refractivity contribution in [2.45, 2.75) is 13.3 Å². The summed E-state index contributed by atoms with van der Waals surface area (Å²) in [6, 6.07) is 16.6. The number of halogens is 1. The Bertz CT molecular complexity index is 822. The van der Waals surface area contributed by atoms with Crippen LogP contribution in [-0.2, 0) is 6.42 Å². The summed E-state index contributed by atoms with van der Waals surface area (Å²) >= 11 is 0. The lowest BCUT2D eigenvalue weighted by Gasteiger charge is -2.06. The molecule has 3 aromatic rings. The van der Waals surface area contributed by atoms with Crippen molar-refractivity contribution in [2.24, 2.45) is 0 Å². The van der Waals surface area contributed by atoms with Gasteiger partial charge in [0.15, 0.2) is 0 Å². The molecule has 0 unspecified atom stereocenters. The number of aromatic nitrogens is 2. The zero-order valence-corrected chi connectivity index (χ0v) is 14.2. The zero-order valence-electron chi connectivity index (χ0n) is 12.5. The summed E-state index contributed by atoms with van der Waals surface area (Å²) in [4.78, 5) is 4.85. The monoisotopic (exact) mass is 356 g/mol. The van der Waals surface area contributed by atoms with E-state index < -0.39 is 0 Å². The van der Waals surface area contributed by atoms with E-state index in [-0.39, 0.29) is 17.0 Å². The molecule has 0 fully saturated rings. The Morgan fingerprint density at radius 1 is 1.05 bits per heavy atom. The zero-order chi connectivity index (χ0) is 14.4. The van der Waals surface area contributed by atoms with Crippen molar-refractivity contribution in [2.75, 3.05) is 7.11 Å². The molecule has 0 saturated carbocycles. The molecule has 0 bridgehead atoms. The fourth-order valence-electron chi connectivity index (χ4n) is 3.07. The largest absolute Gasteiger partial charge is 0.497 e. The van der Waals surface area contributed by atoms with Gasteiger partial charge in [-0.25, -0.2) is 4.98 Å². The van der Waals surface area contributed by atoms with Gasteiger partial charge in [0.1, 0.15) is 11.6 Å². The molecule has 0 atom stereocenters. The molecule has 112 valence electrons. The smallest absolute Gasteiger partial charge is 0.118 e. The van der Waals surface area contributed by atoms with Gasteiger partial charge in [0.05, 0.1) is 18.5 Å². The van der Waals surface area contributed by atoms with Crippen molar-refractivity contribution >= 4 is 17.0 Å². The highest BCUT2D eigenvalue weighted by atomic mass is 79.9. The minimum absolute atomic E-state index is 0. The first-order valence-electron chi connectivity index (χ1n) is 7.09. The molecule has 4 heteroatoms. The van der Waals surface area contributed by atoms with Crippen LogP contribution in [0.25, 0.3) is 16.9 Å². The van der Waals surface area contributed by atoms with Crippen LogP contribution >= 0.6 is 17.0 Å². The first-order chi connectivity index (χ1) is 10.3. The average molecular weight is 357 g/mol. The van der Waals surface area contributed by atoms with Crippen LogP contribution in [0.5, 0.6) is 5.75 Å². The fourth-order valence-corrected chi connectivity index (χ4v) is 3.07. The summed E-state index contributed by atoms with van der Waals surface area (Å²) in [5.41, 5.74) is 6.00. The van der Waals surface area contributed by atoms with Gasteiger partial charge in [-0.05, 0) is 42.8 Å². The predicted molar refractivity (Wildman–Crippen MR) is 93.4 cm³/mol. The summed E-state index contributed by atoms with van der Waals surface area (Å²) < 4.78 is 7.49. The highest BCUT2D eigenvalue weighted by Gasteiger charge is 2.23. The van der Waals surface area contributed by atoms with Gasteiger partial charge in [-0.1, -0.05) is 18.2 Å². The van der Waals surface area contributed by atoms with Gasteiger partial charge in [0, 0.05) is 17.7 Å². The highest BCUT2D eigenvalue weighted by molar-refractivity contribution is 8.93. The van der Waals surface area contributed by atoms with Crippen LogP contribution in [0.3, 0.4) is 0 Å². The maximum absolute atomic E-state index is 5.22. The molecule has 22 heavy (non-hydrogen) atoms. The topological polar surface area (TPSA) is 27.1 Å². The van der Waals surface area contributed by atoms with Crippen LogP contribution in [0, 0.1) is 6.92 Å². The molecule has 1 aliphatic heterocycles. The maximum atomic E-state index is 5.22. The van der Waals surface area contributed by atoms with Crippen molar-refractivity contribution in [3.05, 3.63) is 65.6 Å². The molecule has 0 saturated heterocycles. The summed E-state index contributed by atoms with van der Waals surface area (Å²) in [5.74, 6) is 1.99. The maximum Gasteiger partial charge on any atom is 0.118 e. The molecule has 0 aliphatic carbocycles. The van der Waals surface area contributed by atoms with Crippen LogP contribution < -0.4 is 4.74 Å². The van der Waals surface area contributed by atoms with Gasteiger partial charge in [0.25, 0.3) is 0 Å². The SMILES string of the molecule is Br.COc1ccc(-c2nc3n(c2C)-c2ccccc2C3)cc1. The molecule has 2 heterocycles. The van der Waals surface area contributed by atoms with Crippen LogP contribution in [0.4, 0.5) is 0 Å². The van der Waals surface area contributed by atoms with Gasteiger partial charge in [0.2, 0.25) is 0 Å². The number of imidazole rings is 1. The second-order valence-electron chi connectivity index (χ2n) is 5.33. The number of fused-ring (bicyclic) bond motifs is 3. The minimum Gasteiger partial charge on any atom is -0.497 e. The summed E-state index contributed by atoms with van der Waals surface area (Å²) in [6.45, 7) is 2.14. The van der Waals surface area contributed by atoms with E-state index in [1.54, 1.807) is 7.11 Å². The van der Waals surface area contributed by atoms with Gasteiger partial charge in [-0.3, -0.25) is 4.57 Å². The Labute approximate surface area is 140 Å². The number of para-hydroxylation sites is 1. The normalized spacial score (nSPS) is 11.5. The Kier molecular flexibility index (Phi) is 3.79. The van der Waals surface area contributed by atoms with Gasteiger partial charge in [-0.15, -0.1) is 17.0 Å². The van der Waals surface area contributed by atoms with Crippen LogP contribution in [0.15, 0.2) is 48.5 Å². The van der Waals surface area contributed by atoms with E-state index in [2.05, 4.69) is 47.9 Å². The van der Waals surface area contributed by atoms with E-state index in [1.807, 2.05) is 12.1 Å². The molecule has 1 aromatic heterocycles. The van der Waals surface area contributed by atoms with Gasteiger partial charge < -0.3 is 4.74 Å². The number of benzene rings is 2. The molecule has 2 aromatic carbocycles. The first-order valence-corrected chi connectivity index (χ1v) is 7.09. The quantitative estimate of drug-likeness (QED) is 0.534. The van der Waals surface area contributed by atoms with Crippen LogP contribution in [-0.4, -0.2) is 16.7 Å². The third kappa shape index (κ3) is 2.15. The van der Waals surface area contributed by atoms with E-state index in [0.29, 0.717) is 0 Å². The average Bonchev–Trinajstić information content (AvgIpc) is 3.04. The van der Waals surface area contributed by atoms with Crippen molar-refractivity contribution < 1.29 is 4.74 Å². The Hall–Kier alpha value is -2.07. The summed E-state index contributed by atoms with van der Waals surface area (Å²) in [7, 11) is 1.68. The van der Waals surface area contributed by atoms with E-state index in [1.165, 1.54) is 16.9 Å². The lowest BCUT2D eigenvalue weighted by molar-refractivity contribution is 0.415. The van der Waals surface area contributed by atoms with E-state index in [4.69, 9.17) is 9.72 Å². The first kappa shape index (κ1) is 14.9. The highest BCUT2D eigenvalue weighted by Crippen LogP contribution is 2.34. The fraction of sp³-hybridized carbons (Fsp3) is 0.167. The Morgan fingerprint density at radius 2 is 1.77 bits per heavy atom. The Morgan fingerprint density at radius 3 is 2.50 bits per heavy atom. The predicted octanol–water partition coefficient (Wildman–Crippen LogP) is 4.34. The van der Waals surface area contributed by atoms with Gasteiger partial charge >= 0.3 is 0 Å². The third-order valence-corrected chi connectivity index (χ3v) is 4.12. The van der Waals surface area contributed by atoms with Crippen molar-refractivity contribution in [3.63, 3.8) is 0 Å². The summed E-state index contributed by atoms with van der Waals surface area (Å²) in [5, 5.41) is 0. The molecular weight excluding hydrogens is 340 g/mol. The van der Waals surface area contributed by atoms with Crippen molar-refractivity contribution in [3.8, 4) is 22.7 Å². The molecule has 0 amide bonds. The lowest BCUT2D eigenvalue weighted by atomic mass is 10.1. The third-order valence-electron chi connectivity index (χ3n) is 4.12. The van der Waals surface area contributed by atoms with Crippen LogP contribution in [0.2, 0.25) is 0 Å². The van der Waals surface area contributed by atoms with Crippen LogP contribution in [0.1, 0.15) is 17.1 Å². The molecule has 4 rings (SSSR count). The van der Waals surface area contributed by atoms with E-state index >= 15 is 0 Å². The number of hydrogen-bond donors (Lipinski definition) is 0. The number of nitrogens with zero attached hydrogens (tertiary/aromatic N) is 2.